The highest BCUT2D eigenvalue weighted by atomic mass is 35.5. The lowest BCUT2D eigenvalue weighted by Crippen LogP contribution is -2.22. The second-order valence-electron chi connectivity index (χ2n) is 4.77. The normalized spacial score (nSPS) is 20.9. The molecule has 1 aliphatic rings. The van der Waals surface area contributed by atoms with E-state index in [2.05, 4.69) is 12.0 Å². The predicted octanol–water partition coefficient (Wildman–Crippen LogP) is 3.17. The first-order valence-electron chi connectivity index (χ1n) is 6.38. The lowest BCUT2D eigenvalue weighted by atomic mass is 9.85. The molecule has 1 unspecified atom stereocenters. The molecule has 0 saturated heterocycles. The minimum atomic E-state index is 0.155. The van der Waals surface area contributed by atoms with Crippen molar-refractivity contribution in [2.75, 3.05) is 0 Å². The third-order valence-electron chi connectivity index (χ3n) is 3.57. The van der Waals surface area contributed by atoms with Gasteiger partial charge < -0.3 is 0 Å². The molecule has 1 fully saturated rings. The standard InChI is InChI=1S/C13H19ClN2O/c1-3-16-11(13(14)9(2)15-16)8-10-6-4-5-7-12(10)17/h10H,3-8H2,1-2H3. The van der Waals surface area contributed by atoms with Crippen molar-refractivity contribution in [2.45, 2.75) is 52.5 Å². The summed E-state index contributed by atoms with van der Waals surface area (Å²) in [5, 5.41) is 5.13. The fourth-order valence-corrected chi connectivity index (χ4v) is 2.78. The molecule has 0 bridgehead atoms. The molecule has 3 nitrogen and oxygen atoms in total. The fourth-order valence-electron chi connectivity index (χ4n) is 2.57. The summed E-state index contributed by atoms with van der Waals surface area (Å²) < 4.78 is 1.93. The highest BCUT2D eigenvalue weighted by molar-refractivity contribution is 6.31. The van der Waals surface area contributed by atoms with Gasteiger partial charge in [-0.1, -0.05) is 18.0 Å². The van der Waals surface area contributed by atoms with Crippen LogP contribution in [0.1, 0.15) is 44.0 Å². The number of aromatic nitrogens is 2. The van der Waals surface area contributed by atoms with Crippen LogP contribution in [0.25, 0.3) is 0 Å². The van der Waals surface area contributed by atoms with Crippen molar-refractivity contribution >= 4 is 17.4 Å². The number of rotatable bonds is 3. The molecule has 0 radical (unpaired) electrons. The predicted molar refractivity (Wildman–Crippen MR) is 68.3 cm³/mol. The van der Waals surface area contributed by atoms with Gasteiger partial charge in [0.1, 0.15) is 5.78 Å². The smallest absolute Gasteiger partial charge is 0.136 e. The number of nitrogens with zero attached hydrogens (tertiary/aromatic N) is 2. The second kappa shape index (κ2) is 5.21. The van der Waals surface area contributed by atoms with E-state index in [1.807, 2.05) is 11.6 Å². The molecular weight excluding hydrogens is 236 g/mol. The van der Waals surface area contributed by atoms with Crippen molar-refractivity contribution in [1.82, 2.24) is 9.78 Å². The van der Waals surface area contributed by atoms with Gasteiger partial charge in [-0.2, -0.15) is 5.10 Å². The van der Waals surface area contributed by atoms with Crippen LogP contribution >= 0.6 is 11.6 Å². The lowest BCUT2D eigenvalue weighted by molar-refractivity contribution is -0.124. The first-order chi connectivity index (χ1) is 8.13. The van der Waals surface area contributed by atoms with Crippen LogP contribution in [0.2, 0.25) is 5.02 Å². The van der Waals surface area contributed by atoms with Crippen LogP contribution in [0, 0.1) is 12.8 Å². The number of halogens is 1. The molecule has 0 aromatic carbocycles. The molecule has 1 aromatic heterocycles. The van der Waals surface area contributed by atoms with E-state index in [0.29, 0.717) is 5.78 Å². The Balaban J connectivity index is 2.19. The van der Waals surface area contributed by atoms with E-state index in [1.165, 1.54) is 0 Å². The number of carbonyl (C=O) groups is 1. The molecule has 17 heavy (non-hydrogen) atoms. The topological polar surface area (TPSA) is 34.9 Å². The van der Waals surface area contributed by atoms with Crippen LogP contribution < -0.4 is 0 Å². The number of ketones is 1. The van der Waals surface area contributed by atoms with Crippen molar-refractivity contribution in [3.8, 4) is 0 Å². The van der Waals surface area contributed by atoms with E-state index >= 15 is 0 Å². The monoisotopic (exact) mass is 254 g/mol. The molecule has 1 aromatic rings. The van der Waals surface area contributed by atoms with Crippen molar-refractivity contribution < 1.29 is 4.79 Å². The number of hydrogen-bond donors (Lipinski definition) is 0. The summed E-state index contributed by atoms with van der Waals surface area (Å²) in [7, 11) is 0. The maximum Gasteiger partial charge on any atom is 0.136 e. The van der Waals surface area contributed by atoms with Gasteiger partial charge in [0.2, 0.25) is 0 Å². The molecule has 0 amide bonds. The Hall–Kier alpha value is -0.830. The first kappa shape index (κ1) is 12.6. The van der Waals surface area contributed by atoms with Crippen LogP contribution in [-0.2, 0) is 17.8 Å². The summed E-state index contributed by atoms with van der Waals surface area (Å²) in [5.41, 5.74) is 1.90. The van der Waals surface area contributed by atoms with Crippen LogP contribution in [0.4, 0.5) is 0 Å². The first-order valence-corrected chi connectivity index (χ1v) is 6.75. The fraction of sp³-hybridized carbons (Fsp3) is 0.692. The Morgan fingerprint density at radius 1 is 1.47 bits per heavy atom. The maximum atomic E-state index is 11.8. The van der Waals surface area contributed by atoms with E-state index in [4.69, 9.17) is 11.6 Å². The average molecular weight is 255 g/mol. The highest BCUT2D eigenvalue weighted by Crippen LogP contribution is 2.28. The van der Waals surface area contributed by atoms with Gasteiger partial charge in [-0.05, 0) is 26.7 Å². The third kappa shape index (κ3) is 2.54. The van der Waals surface area contributed by atoms with Gasteiger partial charge in [0.15, 0.2) is 0 Å². The van der Waals surface area contributed by atoms with E-state index in [1.54, 1.807) is 0 Å². The molecule has 0 aliphatic heterocycles. The summed E-state index contributed by atoms with van der Waals surface area (Å²) in [6, 6.07) is 0. The molecular formula is C13H19ClN2O. The van der Waals surface area contributed by atoms with E-state index in [9.17, 15) is 4.79 Å². The minimum absolute atomic E-state index is 0.155. The maximum absolute atomic E-state index is 11.8. The van der Waals surface area contributed by atoms with Crippen molar-refractivity contribution in [1.29, 1.82) is 0 Å². The SMILES string of the molecule is CCn1nc(C)c(Cl)c1CC1CCCCC1=O. The van der Waals surface area contributed by atoms with Gasteiger partial charge >= 0.3 is 0 Å². The zero-order valence-electron chi connectivity index (χ0n) is 10.5. The van der Waals surface area contributed by atoms with Crippen molar-refractivity contribution in [3.63, 3.8) is 0 Å². The van der Waals surface area contributed by atoms with E-state index in [0.717, 1.165) is 55.1 Å². The largest absolute Gasteiger partial charge is 0.299 e. The Morgan fingerprint density at radius 2 is 2.24 bits per heavy atom. The van der Waals surface area contributed by atoms with Gasteiger partial charge in [0, 0.05) is 25.3 Å². The highest BCUT2D eigenvalue weighted by Gasteiger charge is 2.25. The molecule has 1 atom stereocenters. The van der Waals surface area contributed by atoms with Crippen LogP contribution in [0.5, 0.6) is 0 Å². The zero-order valence-corrected chi connectivity index (χ0v) is 11.3. The minimum Gasteiger partial charge on any atom is -0.299 e. The number of Topliss-reactive ketones (excluding diaryl/α,β-unsaturated/α-hetero) is 1. The number of hydrogen-bond acceptors (Lipinski definition) is 2. The molecule has 1 aliphatic carbocycles. The van der Waals surface area contributed by atoms with Gasteiger partial charge in [-0.25, -0.2) is 0 Å². The summed E-state index contributed by atoms with van der Waals surface area (Å²) in [5.74, 6) is 0.552. The Morgan fingerprint density at radius 3 is 2.88 bits per heavy atom. The van der Waals surface area contributed by atoms with E-state index in [-0.39, 0.29) is 5.92 Å². The van der Waals surface area contributed by atoms with Crippen molar-refractivity contribution in [2.24, 2.45) is 5.92 Å². The summed E-state index contributed by atoms with van der Waals surface area (Å²) in [4.78, 5) is 11.8. The molecule has 1 saturated carbocycles. The molecule has 0 spiro atoms. The lowest BCUT2D eigenvalue weighted by Gasteiger charge is -2.20. The quantitative estimate of drug-likeness (QED) is 0.831. The van der Waals surface area contributed by atoms with Crippen molar-refractivity contribution in [3.05, 3.63) is 16.4 Å². The Bertz CT molecular complexity index is 425. The van der Waals surface area contributed by atoms with Crippen LogP contribution in [0.15, 0.2) is 0 Å². The zero-order chi connectivity index (χ0) is 12.4. The van der Waals surface area contributed by atoms with Crippen LogP contribution in [0.3, 0.4) is 0 Å². The number of aryl methyl sites for hydroxylation is 2. The van der Waals surface area contributed by atoms with Gasteiger partial charge in [0.25, 0.3) is 0 Å². The van der Waals surface area contributed by atoms with Gasteiger partial charge in [0.05, 0.1) is 16.4 Å². The second-order valence-corrected chi connectivity index (χ2v) is 5.15. The van der Waals surface area contributed by atoms with Gasteiger partial charge in [-0.15, -0.1) is 0 Å². The number of carbonyl (C=O) groups excluding carboxylic acids is 1. The summed E-state index contributed by atoms with van der Waals surface area (Å²) in [6.45, 7) is 4.78. The molecule has 94 valence electrons. The third-order valence-corrected chi connectivity index (χ3v) is 4.07. The molecule has 4 heteroatoms. The Labute approximate surface area is 107 Å². The summed E-state index contributed by atoms with van der Waals surface area (Å²) in [6.07, 6.45) is 4.71. The van der Waals surface area contributed by atoms with Gasteiger partial charge in [-0.3, -0.25) is 9.48 Å². The average Bonchev–Trinajstić information content (AvgIpc) is 2.59. The van der Waals surface area contributed by atoms with Crippen LogP contribution in [-0.4, -0.2) is 15.6 Å². The summed E-state index contributed by atoms with van der Waals surface area (Å²) >= 11 is 6.27. The van der Waals surface area contributed by atoms with E-state index < -0.39 is 0 Å². The molecule has 0 N–H and O–H groups in total. The Kier molecular flexibility index (Phi) is 3.87. The molecule has 2 rings (SSSR count). The molecule has 1 heterocycles.